The molecular weight excluding hydrogens is 328 g/mol. The third-order valence-corrected chi connectivity index (χ3v) is 3.80. The lowest BCUT2D eigenvalue weighted by molar-refractivity contribution is -0.115. The molecule has 0 spiro atoms. The van der Waals surface area contributed by atoms with Gasteiger partial charge in [-0.2, -0.15) is 0 Å². The Morgan fingerprint density at radius 2 is 1.71 bits per heavy atom. The summed E-state index contributed by atoms with van der Waals surface area (Å²) in [6.45, 7) is 4.35. The van der Waals surface area contributed by atoms with E-state index < -0.39 is 0 Å². The Labute approximate surface area is 133 Å². The number of halogens is 1. The third-order valence-electron chi connectivity index (χ3n) is 3.27. The Hall–Kier alpha value is -1.65. The van der Waals surface area contributed by atoms with E-state index in [1.54, 1.807) is 0 Å². The number of anilines is 1. The smallest absolute Gasteiger partial charge is 0.238 e. The van der Waals surface area contributed by atoms with Gasteiger partial charge in [-0.3, -0.25) is 4.79 Å². The predicted octanol–water partition coefficient (Wildman–Crippen LogP) is 4.05. The van der Waals surface area contributed by atoms with Crippen LogP contribution in [-0.4, -0.2) is 12.5 Å². The topological polar surface area (TPSA) is 41.1 Å². The van der Waals surface area contributed by atoms with Crippen LogP contribution < -0.4 is 10.6 Å². The Morgan fingerprint density at radius 3 is 2.33 bits per heavy atom. The van der Waals surface area contributed by atoms with E-state index in [0.29, 0.717) is 0 Å². The summed E-state index contributed by atoms with van der Waals surface area (Å²) in [7, 11) is 0. The highest BCUT2D eigenvalue weighted by Crippen LogP contribution is 2.16. The van der Waals surface area contributed by atoms with Gasteiger partial charge in [0.25, 0.3) is 0 Å². The van der Waals surface area contributed by atoms with Gasteiger partial charge < -0.3 is 10.6 Å². The fourth-order valence-electron chi connectivity index (χ4n) is 1.96. The van der Waals surface area contributed by atoms with E-state index in [4.69, 9.17) is 0 Å². The van der Waals surface area contributed by atoms with E-state index in [1.807, 2.05) is 62.4 Å². The van der Waals surface area contributed by atoms with Gasteiger partial charge in [0, 0.05) is 16.2 Å². The maximum Gasteiger partial charge on any atom is 0.238 e. The first-order chi connectivity index (χ1) is 10.0. The summed E-state index contributed by atoms with van der Waals surface area (Å²) in [6.07, 6.45) is 0. The van der Waals surface area contributed by atoms with E-state index in [9.17, 15) is 4.79 Å². The quantitative estimate of drug-likeness (QED) is 0.857. The molecule has 2 aromatic rings. The monoisotopic (exact) mass is 346 g/mol. The van der Waals surface area contributed by atoms with Crippen LogP contribution in [0.1, 0.15) is 24.1 Å². The number of aryl methyl sites for hydroxylation is 1. The van der Waals surface area contributed by atoms with Gasteiger partial charge in [-0.15, -0.1) is 0 Å². The highest BCUT2D eigenvalue weighted by atomic mass is 79.9. The molecule has 3 nitrogen and oxygen atoms in total. The molecule has 21 heavy (non-hydrogen) atoms. The number of carbonyl (C=O) groups excluding carboxylic acids is 1. The van der Waals surface area contributed by atoms with E-state index in [2.05, 4.69) is 26.6 Å². The second-order valence-electron chi connectivity index (χ2n) is 5.07. The van der Waals surface area contributed by atoms with Crippen LogP contribution in [-0.2, 0) is 4.79 Å². The van der Waals surface area contributed by atoms with Crippen molar-refractivity contribution in [1.29, 1.82) is 0 Å². The summed E-state index contributed by atoms with van der Waals surface area (Å²) < 4.78 is 1.05. The summed E-state index contributed by atoms with van der Waals surface area (Å²) in [6, 6.07) is 16.0. The molecule has 110 valence electrons. The number of carbonyl (C=O) groups is 1. The van der Waals surface area contributed by atoms with Crippen molar-refractivity contribution in [1.82, 2.24) is 5.32 Å². The second kappa shape index (κ2) is 7.38. The minimum Gasteiger partial charge on any atom is -0.325 e. The molecule has 2 rings (SSSR count). The molecule has 0 fully saturated rings. The molecule has 2 aromatic carbocycles. The number of rotatable bonds is 5. The molecule has 0 aliphatic rings. The molecule has 1 amide bonds. The Balaban J connectivity index is 1.83. The van der Waals surface area contributed by atoms with Crippen molar-refractivity contribution in [3.05, 3.63) is 64.1 Å². The number of hydrogen-bond donors (Lipinski definition) is 2. The zero-order valence-corrected chi connectivity index (χ0v) is 13.8. The summed E-state index contributed by atoms with van der Waals surface area (Å²) >= 11 is 3.41. The van der Waals surface area contributed by atoms with Gasteiger partial charge >= 0.3 is 0 Å². The standard InChI is InChI=1S/C17H19BrN2O/c1-12-3-9-16(10-4-12)20-17(21)11-19-13(2)14-5-7-15(18)8-6-14/h3-10,13,19H,11H2,1-2H3,(H,20,21)/t13-/m1/s1. The largest absolute Gasteiger partial charge is 0.325 e. The first-order valence-corrected chi connectivity index (χ1v) is 7.69. The molecule has 4 heteroatoms. The van der Waals surface area contributed by atoms with Gasteiger partial charge in [0.15, 0.2) is 0 Å². The van der Waals surface area contributed by atoms with Crippen LogP contribution in [0, 0.1) is 6.92 Å². The van der Waals surface area contributed by atoms with Gasteiger partial charge in [0.2, 0.25) is 5.91 Å². The second-order valence-corrected chi connectivity index (χ2v) is 5.98. The maximum absolute atomic E-state index is 11.9. The van der Waals surface area contributed by atoms with E-state index >= 15 is 0 Å². The van der Waals surface area contributed by atoms with Crippen molar-refractivity contribution in [3.8, 4) is 0 Å². The van der Waals surface area contributed by atoms with Crippen LogP contribution in [0.3, 0.4) is 0 Å². The predicted molar refractivity (Wildman–Crippen MR) is 90.4 cm³/mol. The Kier molecular flexibility index (Phi) is 5.53. The minimum absolute atomic E-state index is 0.0391. The molecule has 0 saturated carbocycles. The van der Waals surface area contributed by atoms with Crippen LogP contribution in [0.2, 0.25) is 0 Å². The van der Waals surface area contributed by atoms with E-state index in [0.717, 1.165) is 15.7 Å². The molecule has 0 aliphatic heterocycles. The molecule has 1 atom stereocenters. The van der Waals surface area contributed by atoms with Crippen LogP contribution in [0.5, 0.6) is 0 Å². The summed E-state index contributed by atoms with van der Waals surface area (Å²) in [5.74, 6) is -0.0391. The minimum atomic E-state index is -0.0391. The highest BCUT2D eigenvalue weighted by Gasteiger charge is 2.07. The van der Waals surface area contributed by atoms with Gasteiger partial charge in [0.1, 0.15) is 0 Å². The molecule has 0 aliphatic carbocycles. The Morgan fingerprint density at radius 1 is 1.10 bits per heavy atom. The lowest BCUT2D eigenvalue weighted by atomic mass is 10.1. The molecule has 0 radical (unpaired) electrons. The molecule has 0 bridgehead atoms. The molecule has 0 aromatic heterocycles. The van der Waals surface area contributed by atoms with Crippen molar-refractivity contribution < 1.29 is 4.79 Å². The number of amides is 1. The summed E-state index contributed by atoms with van der Waals surface area (Å²) in [5.41, 5.74) is 3.15. The first-order valence-electron chi connectivity index (χ1n) is 6.90. The zero-order valence-electron chi connectivity index (χ0n) is 12.2. The van der Waals surface area contributed by atoms with E-state index in [1.165, 1.54) is 5.56 Å². The normalized spacial score (nSPS) is 12.0. The SMILES string of the molecule is Cc1ccc(NC(=O)CN[C@H](C)c2ccc(Br)cc2)cc1. The molecule has 2 N–H and O–H groups in total. The summed E-state index contributed by atoms with van der Waals surface area (Å²) in [5, 5.41) is 6.10. The van der Waals surface area contributed by atoms with Crippen molar-refractivity contribution in [2.75, 3.05) is 11.9 Å². The average molecular weight is 347 g/mol. The van der Waals surface area contributed by atoms with Gasteiger partial charge in [-0.25, -0.2) is 0 Å². The molecular formula is C17H19BrN2O. The lowest BCUT2D eigenvalue weighted by Crippen LogP contribution is -2.30. The van der Waals surface area contributed by atoms with Crippen LogP contribution in [0.25, 0.3) is 0 Å². The third kappa shape index (κ3) is 4.99. The molecule has 0 unspecified atom stereocenters. The fourth-order valence-corrected chi connectivity index (χ4v) is 2.22. The number of benzene rings is 2. The average Bonchev–Trinajstić information content (AvgIpc) is 2.48. The highest BCUT2D eigenvalue weighted by molar-refractivity contribution is 9.10. The van der Waals surface area contributed by atoms with Crippen LogP contribution in [0.4, 0.5) is 5.69 Å². The van der Waals surface area contributed by atoms with Crippen molar-refractivity contribution in [2.24, 2.45) is 0 Å². The Bertz CT molecular complexity index is 593. The summed E-state index contributed by atoms with van der Waals surface area (Å²) in [4.78, 5) is 11.9. The lowest BCUT2D eigenvalue weighted by Gasteiger charge is -2.14. The maximum atomic E-state index is 11.9. The van der Waals surface area contributed by atoms with Crippen molar-refractivity contribution >= 4 is 27.5 Å². The van der Waals surface area contributed by atoms with Gasteiger partial charge in [0.05, 0.1) is 6.54 Å². The zero-order chi connectivity index (χ0) is 15.2. The van der Waals surface area contributed by atoms with Crippen molar-refractivity contribution in [3.63, 3.8) is 0 Å². The van der Waals surface area contributed by atoms with Crippen LogP contribution >= 0.6 is 15.9 Å². The van der Waals surface area contributed by atoms with E-state index in [-0.39, 0.29) is 18.5 Å². The van der Waals surface area contributed by atoms with Crippen LogP contribution in [0.15, 0.2) is 53.0 Å². The first kappa shape index (κ1) is 15.7. The molecule has 0 heterocycles. The number of nitrogens with one attached hydrogen (secondary N) is 2. The van der Waals surface area contributed by atoms with Gasteiger partial charge in [-0.05, 0) is 43.7 Å². The van der Waals surface area contributed by atoms with Crippen molar-refractivity contribution in [2.45, 2.75) is 19.9 Å². The fraction of sp³-hybridized carbons (Fsp3) is 0.235. The molecule has 0 saturated heterocycles. The van der Waals surface area contributed by atoms with Gasteiger partial charge in [-0.1, -0.05) is 45.8 Å². The number of hydrogen-bond acceptors (Lipinski definition) is 2.